The zero-order valence-electron chi connectivity index (χ0n) is 13.8. The molecule has 1 atom stereocenters. The fraction of sp³-hybridized carbons (Fsp3) is 0.444. The van der Waals surface area contributed by atoms with E-state index in [1.54, 1.807) is 6.20 Å². The molecular weight excluding hydrogens is 304 g/mol. The standard InChI is InChI=1S/C18H22N4O2/c1-19-14-4-2-13(3-5-14)16-10-20-18(24-16)17(23)21-15-11-22-8-6-12(15)7-9-22/h2-5,10,12,15,19H,6-9,11H2,1H3,(H,21,23). The Kier molecular flexibility index (Phi) is 3.98. The molecule has 2 N–H and O–H groups in total. The molecule has 6 nitrogen and oxygen atoms in total. The van der Waals surface area contributed by atoms with Gasteiger partial charge in [0.25, 0.3) is 5.89 Å². The van der Waals surface area contributed by atoms with Gasteiger partial charge in [-0.3, -0.25) is 4.79 Å². The van der Waals surface area contributed by atoms with Gasteiger partial charge in [0.1, 0.15) is 0 Å². The van der Waals surface area contributed by atoms with Crippen molar-refractivity contribution in [1.29, 1.82) is 0 Å². The van der Waals surface area contributed by atoms with Crippen LogP contribution in [-0.2, 0) is 0 Å². The number of nitrogens with one attached hydrogen (secondary N) is 2. The average molecular weight is 326 g/mol. The van der Waals surface area contributed by atoms with Gasteiger partial charge in [0, 0.05) is 30.9 Å². The zero-order chi connectivity index (χ0) is 16.5. The first-order chi connectivity index (χ1) is 11.7. The predicted molar refractivity (Wildman–Crippen MR) is 91.9 cm³/mol. The van der Waals surface area contributed by atoms with Crippen LogP contribution in [0.2, 0.25) is 0 Å². The van der Waals surface area contributed by atoms with Gasteiger partial charge in [0.05, 0.1) is 6.20 Å². The summed E-state index contributed by atoms with van der Waals surface area (Å²) in [6.45, 7) is 3.25. The van der Waals surface area contributed by atoms with Crippen LogP contribution in [0.5, 0.6) is 0 Å². The van der Waals surface area contributed by atoms with E-state index in [4.69, 9.17) is 4.42 Å². The molecule has 5 rings (SSSR count). The van der Waals surface area contributed by atoms with E-state index in [-0.39, 0.29) is 17.8 Å². The van der Waals surface area contributed by atoms with E-state index in [0.717, 1.165) is 30.9 Å². The van der Waals surface area contributed by atoms with Gasteiger partial charge in [-0.05, 0) is 56.1 Å². The highest BCUT2D eigenvalue weighted by molar-refractivity contribution is 5.90. The molecule has 1 aromatic heterocycles. The molecule has 2 bridgehead atoms. The van der Waals surface area contributed by atoms with Crippen LogP contribution in [0.4, 0.5) is 5.69 Å². The van der Waals surface area contributed by atoms with E-state index >= 15 is 0 Å². The summed E-state index contributed by atoms with van der Waals surface area (Å²) in [5, 5.41) is 6.18. The zero-order valence-corrected chi connectivity index (χ0v) is 13.8. The molecule has 24 heavy (non-hydrogen) atoms. The smallest absolute Gasteiger partial charge is 0.307 e. The van der Waals surface area contributed by atoms with Crippen molar-refractivity contribution in [2.45, 2.75) is 18.9 Å². The van der Waals surface area contributed by atoms with Crippen LogP contribution >= 0.6 is 0 Å². The molecule has 3 saturated heterocycles. The molecule has 1 amide bonds. The maximum absolute atomic E-state index is 12.4. The second-order valence-corrected chi connectivity index (χ2v) is 6.58. The maximum atomic E-state index is 12.4. The van der Waals surface area contributed by atoms with Gasteiger partial charge in [-0.15, -0.1) is 0 Å². The fourth-order valence-corrected chi connectivity index (χ4v) is 3.67. The van der Waals surface area contributed by atoms with Crippen molar-refractivity contribution in [3.8, 4) is 11.3 Å². The number of fused-ring (bicyclic) bond motifs is 3. The lowest BCUT2D eigenvalue weighted by atomic mass is 9.84. The van der Waals surface area contributed by atoms with Crippen molar-refractivity contribution in [3.63, 3.8) is 0 Å². The molecule has 0 radical (unpaired) electrons. The number of oxazole rings is 1. The lowest BCUT2D eigenvalue weighted by Crippen LogP contribution is -2.57. The number of benzene rings is 1. The summed E-state index contributed by atoms with van der Waals surface area (Å²) in [6, 6.07) is 8.03. The second kappa shape index (κ2) is 6.28. The first-order valence-corrected chi connectivity index (χ1v) is 8.50. The van der Waals surface area contributed by atoms with E-state index < -0.39 is 0 Å². The summed E-state index contributed by atoms with van der Waals surface area (Å²) < 4.78 is 5.67. The second-order valence-electron chi connectivity index (χ2n) is 6.58. The Bertz CT molecular complexity index is 717. The van der Waals surface area contributed by atoms with E-state index in [0.29, 0.717) is 11.7 Å². The molecule has 6 heteroatoms. The molecule has 126 valence electrons. The Labute approximate surface area is 141 Å². The average Bonchev–Trinajstić information content (AvgIpc) is 3.13. The number of carbonyl (C=O) groups is 1. The van der Waals surface area contributed by atoms with Crippen LogP contribution in [0.25, 0.3) is 11.3 Å². The number of rotatable bonds is 4. The third-order valence-electron chi connectivity index (χ3n) is 5.13. The Hall–Kier alpha value is -2.34. The Morgan fingerprint density at radius 2 is 2.00 bits per heavy atom. The molecule has 0 aliphatic carbocycles. The van der Waals surface area contributed by atoms with Crippen LogP contribution < -0.4 is 10.6 Å². The summed E-state index contributed by atoms with van der Waals surface area (Å²) in [5.41, 5.74) is 1.93. The van der Waals surface area contributed by atoms with Gasteiger partial charge in [-0.2, -0.15) is 0 Å². The molecule has 1 aromatic carbocycles. The third kappa shape index (κ3) is 2.89. The summed E-state index contributed by atoms with van der Waals surface area (Å²) >= 11 is 0. The number of nitrogens with zero attached hydrogens (tertiary/aromatic N) is 2. The monoisotopic (exact) mass is 326 g/mol. The quantitative estimate of drug-likeness (QED) is 0.901. The summed E-state index contributed by atoms with van der Waals surface area (Å²) in [6.07, 6.45) is 3.94. The Morgan fingerprint density at radius 1 is 1.25 bits per heavy atom. The molecule has 4 heterocycles. The lowest BCUT2D eigenvalue weighted by Gasteiger charge is -2.44. The van der Waals surface area contributed by atoms with Crippen molar-refractivity contribution in [2.24, 2.45) is 5.92 Å². The van der Waals surface area contributed by atoms with Crippen LogP contribution in [0, 0.1) is 5.92 Å². The number of aromatic nitrogens is 1. The van der Waals surface area contributed by atoms with Gasteiger partial charge >= 0.3 is 5.91 Å². The molecule has 3 aliphatic heterocycles. The van der Waals surface area contributed by atoms with Gasteiger partial charge in [-0.1, -0.05) is 0 Å². The lowest BCUT2D eigenvalue weighted by molar-refractivity contribution is 0.0602. The number of amides is 1. The first-order valence-electron chi connectivity index (χ1n) is 8.50. The van der Waals surface area contributed by atoms with Crippen LogP contribution in [0.1, 0.15) is 23.5 Å². The summed E-state index contributed by atoms with van der Waals surface area (Å²) in [7, 11) is 1.88. The number of hydrogen-bond donors (Lipinski definition) is 2. The van der Waals surface area contributed by atoms with E-state index in [1.165, 1.54) is 12.8 Å². The molecule has 0 spiro atoms. The SMILES string of the molecule is CNc1ccc(-c2cnc(C(=O)NC3CN4CCC3CC4)o2)cc1. The largest absolute Gasteiger partial charge is 0.432 e. The van der Waals surface area contributed by atoms with Crippen molar-refractivity contribution in [3.05, 3.63) is 36.4 Å². The summed E-state index contributed by atoms with van der Waals surface area (Å²) in [4.78, 5) is 19.0. The molecule has 1 unspecified atom stereocenters. The topological polar surface area (TPSA) is 70.4 Å². The highest BCUT2D eigenvalue weighted by Crippen LogP contribution is 2.28. The minimum absolute atomic E-state index is 0.138. The molecule has 3 aliphatic rings. The van der Waals surface area contributed by atoms with Crippen LogP contribution in [-0.4, -0.2) is 48.5 Å². The minimum Gasteiger partial charge on any atom is -0.432 e. The summed E-state index contributed by atoms with van der Waals surface area (Å²) in [5.74, 6) is 1.12. The highest BCUT2D eigenvalue weighted by Gasteiger charge is 2.35. The molecule has 2 aromatic rings. The number of carbonyl (C=O) groups excluding carboxylic acids is 1. The fourth-order valence-electron chi connectivity index (χ4n) is 3.67. The first kappa shape index (κ1) is 15.2. The van der Waals surface area contributed by atoms with Crippen molar-refractivity contribution in [1.82, 2.24) is 15.2 Å². The molecule has 3 fully saturated rings. The number of hydrogen-bond acceptors (Lipinski definition) is 5. The molecule has 0 saturated carbocycles. The van der Waals surface area contributed by atoms with Crippen LogP contribution in [0.15, 0.2) is 34.9 Å². The predicted octanol–water partition coefficient (Wildman–Crippen LogP) is 2.21. The van der Waals surface area contributed by atoms with Gasteiger partial charge in [0.2, 0.25) is 0 Å². The van der Waals surface area contributed by atoms with E-state index in [2.05, 4.69) is 20.5 Å². The van der Waals surface area contributed by atoms with E-state index in [1.807, 2.05) is 31.3 Å². The third-order valence-corrected chi connectivity index (χ3v) is 5.13. The number of anilines is 1. The molecular formula is C18H22N4O2. The maximum Gasteiger partial charge on any atom is 0.307 e. The van der Waals surface area contributed by atoms with Gasteiger partial charge in [0.15, 0.2) is 5.76 Å². The highest BCUT2D eigenvalue weighted by atomic mass is 16.4. The normalized spacial score (nSPS) is 25.5. The van der Waals surface area contributed by atoms with E-state index in [9.17, 15) is 4.79 Å². The van der Waals surface area contributed by atoms with Crippen molar-refractivity contribution < 1.29 is 9.21 Å². The Morgan fingerprint density at radius 3 is 2.62 bits per heavy atom. The van der Waals surface area contributed by atoms with Crippen molar-refractivity contribution >= 4 is 11.6 Å². The minimum atomic E-state index is -0.216. The number of piperidine rings is 3. The van der Waals surface area contributed by atoms with Crippen molar-refractivity contribution in [2.75, 3.05) is 32.0 Å². The van der Waals surface area contributed by atoms with Crippen LogP contribution in [0.3, 0.4) is 0 Å². The van der Waals surface area contributed by atoms with Gasteiger partial charge < -0.3 is 20.0 Å². The Balaban J connectivity index is 1.44. The van der Waals surface area contributed by atoms with Gasteiger partial charge in [-0.25, -0.2) is 4.98 Å².